The number of fused-ring (bicyclic) bond motifs is 1. The summed E-state index contributed by atoms with van der Waals surface area (Å²) in [5.74, 6) is 0.888. The lowest BCUT2D eigenvalue weighted by molar-refractivity contribution is 0.0638. The van der Waals surface area contributed by atoms with Crippen molar-refractivity contribution in [1.29, 1.82) is 0 Å². The number of nitrogens with zero attached hydrogens (tertiary/aromatic N) is 1. The average molecular weight is 353 g/mol. The van der Waals surface area contributed by atoms with Crippen LogP contribution in [0, 0.1) is 0 Å². The summed E-state index contributed by atoms with van der Waals surface area (Å²) in [6.07, 6.45) is 1.51. The third-order valence-electron chi connectivity index (χ3n) is 4.90. The summed E-state index contributed by atoms with van der Waals surface area (Å²) < 4.78 is 16.9. The van der Waals surface area contributed by atoms with Gasteiger partial charge in [0.2, 0.25) is 0 Å². The highest BCUT2D eigenvalue weighted by Gasteiger charge is 2.25. The molecule has 2 aliphatic rings. The molecule has 5 heteroatoms. The minimum Gasteiger partial charge on any atom is -0.490 e. The van der Waals surface area contributed by atoms with E-state index in [1.807, 2.05) is 36.4 Å². The van der Waals surface area contributed by atoms with Crippen molar-refractivity contribution in [3.05, 3.63) is 65.2 Å². The van der Waals surface area contributed by atoms with Crippen molar-refractivity contribution in [1.82, 2.24) is 4.90 Å². The van der Waals surface area contributed by atoms with Crippen LogP contribution in [0.3, 0.4) is 0 Å². The molecule has 1 fully saturated rings. The molecular weight excluding hydrogens is 330 g/mol. The molecular formula is C21H23NO4. The molecule has 0 atom stereocenters. The lowest BCUT2D eigenvalue weighted by atomic mass is 10.1. The van der Waals surface area contributed by atoms with Gasteiger partial charge in [-0.15, -0.1) is 0 Å². The molecule has 0 aliphatic carbocycles. The van der Waals surface area contributed by atoms with E-state index < -0.39 is 0 Å². The van der Waals surface area contributed by atoms with Gasteiger partial charge in [0, 0.05) is 25.9 Å². The van der Waals surface area contributed by atoms with Gasteiger partial charge in [0.05, 0.1) is 13.2 Å². The molecule has 0 bridgehead atoms. The van der Waals surface area contributed by atoms with Crippen molar-refractivity contribution in [3.8, 4) is 5.75 Å². The van der Waals surface area contributed by atoms with Crippen LogP contribution in [0.1, 0.15) is 29.5 Å². The Balaban J connectivity index is 1.24. The second kappa shape index (κ2) is 7.79. The van der Waals surface area contributed by atoms with E-state index in [-0.39, 0.29) is 12.2 Å². The minimum atomic E-state index is -0.248. The lowest BCUT2D eigenvalue weighted by Crippen LogP contribution is -2.42. The zero-order valence-corrected chi connectivity index (χ0v) is 14.7. The molecule has 0 N–H and O–H groups in total. The number of rotatable bonds is 4. The maximum atomic E-state index is 12.2. The van der Waals surface area contributed by atoms with Gasteiger partial charge in [-0.1, -0.05) is 36.4 Å². The molecule has 5 nitrogen and oxygen atoms in total. The molecule has 0 radical (unpaired) electrons. The molecule has 1 amide bonds. The lowest BCUT2D eigenvalue weighted by Gasteiger charge is -2.31. The van der Waals surface area contributed by atoms with Gasteiger partial charge < -0.3 is 19.1 Å². The van der Waals surface area contributed by atoms with Crippen LogP contribution in [0.2, 0.25) is 0 Å². The molecule has 2 heterocycles. The summed E-state index contributed by atoms with van der Waals surface area (Å²) in [4.78, 5) is 14.0. The standard InChI is InChI=1S/C21H23NO4/c23-21(25-13-16-4-2-1-3-5-16)22-10-8-19(9-11-22)26-20-7-6-17-14-24-15-18(17)12-20/h1-7,12,19H,8-11,13-15H2. The molecule has 0 unspecified atom stereocenters. The van der Waals surface area contributed by atoms with E-state index in [2.05, 4.69) is 12.1 Å². The van der Waals surface area contributed by atoms with E-state index in [1.165, 1.54) is 11.1 Å². The highest BCUT2D eigenvalue weighted by Crippen LogP contribution is 2.26. The summed E-state index contributed by atoms with van der Waals surface area (Å²) in [6, 6.07) is 15.9. The van der Waals surface area contributed by atoms with Gasteiger partial charge in [-0.3, -0.25) is 0 Å². The number of likely N-dealkylation sites (tertiary alicyclic amines) is 1. The second-order valence-electron chi connectivity index (χ2n) is 6.77. The topological polar surface area (TPSA) is 48.0 Å². The zero-order valence-electron chi connectivity index (χ0n) is 14.7. The van der Waals surface area contributed by atoms with Crippen molar-refractivity contribution in [2.75, 3.05) is 13.1 Å². The third-order valence-corrected chi connectivity index (χ3v) is 4.90. The van der Waals surface area contributed by atoms with Crippen LogP contribution in [-0.2, 0) is 29.3 Å². The van der Waals surface area contributed by atoms with Crippen molar-refractivity contribution < 1.29 is 19.0 Å². The monoisotopic (exact) mass is 353 g/mol. The normalized spacial score (nSPS) is 17.0. The molecule has 26 heavy (non-hydrogen) atoms. The Hall–Kier alpha value is -2.53. The summed E-state index contributed by atoms with van der Waals surface area (Å²) in [5.41, 5.74) is 3.46. The summed E-state index contributed by atoms with van der Waals surface area (Å²) in [7, 11) is 0. The first-order valence-corrected chi connectivity index (χ1v) is 9.10. The first-order chi connectivity index (χ1) is 12.8. The number of piperidine rings is 1. The van der Waals surface area contributed by atoms with Crippen LogP contribution in [0.5, 0.6) is 5.75 Å². The quantitative estimate of drug-likeness (QED) is 0.836. The van der Waals surface area contributed by atoms with Gasteiger partial charge in [0.1, 0.15) is 18.5 Å². The fraction of sp³-hybridized carbons (Fsp3) is 0.381. The predicted octanol–water partition coefficient (Wildman–Crippen LogP) is 3.90. The fourth-order valence-corrected chi connectivity index (χ4v) is 3.38. The molecule has 136 valence electrons. The van der Waals surface area contributed by atoms with Crippen LogP contribution in [-0.4, -0.2) is 30.2 Å². The van der Waals surface area contributed by atoms with E-state index in [9.17, 15) is 4.79 Å². The summed E-state index contributed by atoms with van der Waals surface area (Å²) in [5, 5.41) is 0. The molecule has 2 aliphatic heterocycles. The van der Waals surface area contributed by atoms with Gasteiger partial charge in [-0.05, 0) is 28.8 Å². The maximum absolute atomic E-state index is 12.2. The number of carbonyl (C=O) groups is 1. The Morgan fingerprint density at radius 2 is 1.81 bits per heavy atom. The summed E-state index contributed by atoms with van der Waals surface area (Å²) in [6.45, 7) is 2.99. The predicted molar refractivity (Wildman–Crippen MR) is 96.8 cm³/mol. The highest BCUT2D eigenvalue weighted by atomic mass is 16.6. The fourth-order valence-electron chi connectivity index (χ4n) is 3.38. The van der Waals surface area contributed by atoms with Crippen molar-refractivity contribution in [2.45, 2.75) is 38.8 Å². The highest BCUT2D eigenvalue weighted by molar-refractivity contribution is 5.67. The van der Waals surface area contributed by atoms with E-state index >= 15 is 0 Å². The van der Waals surface area contributed by atoms with Gasteiger partial charge in [0.15, 0.2) is 0 Å². The van der Waals surface area contributed by atoms with Crippen LogP contribution >= 0.6 is 0 Å². The van der Waals surface area contributed by atoms with Crippen LogP contribution in [0.15, 0.2) is 48.5 Å². The smallest absolute Gasteiger partial charge is 0.410 e. The number of carbonyl (C=O) groups excluding carboxylic acids is 1. The summed E-state index contributed by atoms with van der Waals surface area (Å²) >= 11 is 0. The van der Waals surface area contributed by atoms with Gasteiger partial charge in [-0.25, -0.2) is 4.79 Å². The van der Waals surface area contributed by atoms with E-state index in [0.717, 1.165) is 24.2 Å². The number of hydrogen-bond acceptors (Lipinski definition) is 4. The number of amides is 1. The Morgan fingerprint density at radius 3 is 2.62 bits per heavy atom. The van der Waals surface area contributed by atoms with Gasteiger partial charge >= 0.3 is 6.09 Å². The molecule has 2 aromatic carbocycles. The zero-order chi connectivity index (χ0) is 17.8. The molecule has 0 aromatic heterocycles. The molecule has 4 rings (SSSR count). The van der Waals surface area contributed by atoms with E-state index in [0.29, 0.717) is 32.9 Å². The average Bonchev–Trinajstić information content (AvgIpc) is 3.15. The Kier molecular flexibility index (Phi) is 5.07. The van der Waals surface area contributed by atoms with E-state index in [4.69, 9.17) is 14.2 Å². The molecule has 0 spiro atoms. The second-order valence-corrected chi connectivity index (χ2v) is 6.77. The Morgan fingerprint density at radius 1 is 1.04 bits per heavy atom. The molecule has 2 aromatic rings. The van der Waals surface area contributed by atoms with Gasteiger partial charge in [-0.2, -0.15) is 0 Å². The SMILES string of the molecule is O=C(OCc1ccccc1)N1CCC(Oc2ccc3c(c2)COC3)CC1. The van der Waals surface area contributed by atoms with Crippen molar-refractivity contribution in [3.63, 3.8) is 0 Å². The number of ether oxygens (including phenoxy) is 3. The van der Waals surface area contributed by atoms with E-state index in [1.54, 1.807) is 4.90 Å². The van der Waals surface area contributed by atoms with Crippen molar-refractivity contribution in [2.24, 2.45) is 0 Å². The Bertz CT molecular complexity index is 754. The van der Waals surface area contributed by atoms with Crippen LogP contribution in [0.25, 0.3) is 0 Å². The third kappa shape index (κ3) is 3.99. The van der Waals surface area contributed by atoms with Gasteiger partial charge in [0.25, 0.3) is 0 Å². The largest absolute Gasteiger partial charge is 0.490 e. The molecule has 0 saturated carbocycles. The minimum absolute atomic E-state index is 0.133. The number of benzene rings is 2. The maximum Gasteiger partial charge on any atom is 0.410 e. The van der Waals surface area contributed by atoms with Crippen LogP contribution < -0.4 is 4.74 Å². The first-order valence-electron chi connectivity index (χ1n) is 9.10. The molecule has 1 saturated heterocycles. The Labute approximate surface area is 153 Å². The van der Waals surface area contributed by atoms with Crippen LogP contribution in [0.4, 0.5) is 4.79 Å². The first kappa shape index (κ1) is 16.9. The number of hydrogen-bond donors (Lipinski definition) is 0. The van der Waals surface area contributed by atoms with Crippen molar-refractivity contribution >= 4 is 6.09 Å².